The lowest BCUT2D eigenvalue weighted by Gasteiger charge is -2.34. The third-order valence-corrected chi connectivity index (χ3v) is 5.04. The van der Waals surface area contributed by atoms with Crippen LogP contribution in [0, 0.1) is 19.8 Å². The number of likely N-dealkylation sites (tertiary alicyclic amines) is 1. The van der Waals surface area contributed by atoms with Crippen LogP contribution in [-0.2, 0) is 11.2 Å². The molecule has 6 nitrogen and oxygen atoms in total. The minimum absolute atomic E-state index is 0.0273. The van der Waals surface area contributed by atoms with Gasteiger partial charge >= 0.3 is 0 Å². The van der Waals surface area contributed by atoms with Crippen molar-refractivity contribution in [2.24, 2.45) is 5.92 Å². The van der Waals surface area contributed by atoms with Crippen LogP contribution < -0.4 is 5.56 Å². The van der Waals surface area contributed by atoms with Crippen LogP contribution in [0.15, 0.2) is 4.79 Å². The molecule has 1 aromatic heterocycles. The molecule has 2 N–H and O–H groups in total. The maximum Gasteiger partial charge on any atom is 0.254 e. The lowest BCUT2D eigenvalue weighted by Crippen LogP contribution is -2.43. The summed E-state index contributed by atoms with van der Waals surface area (Å²) in [6.07, 6.45) is 3.60. The molecule has 1 aliphatic heterocycles. The lowest BCUT2D eigenvalue weighted by atomic mass is 9.89. The summed E-state index contributed by atoms with van der Waals surface area (Å²) in [6, 6.07) is 0. The van der Waals surface area contributed by atoms with Crippen LogP contribution in [0.25, 0.3) is 0 Å². The molecule has 22 heavy (non-hydrogen) atoms. The summed E-state index contributed by atoms with van der Waals surface area (Å²) in [4.78, 5) is 33.1. The zero-order valence-electron chi connectivity index (χ0n) is 13.2. The van der Waals surface area contributed by atoms with Crippen LogP contribution in [0.2, 0.25) is 0 Å². The van der Waals surface area contributed by atoms with E-state index in [4.69, 9.17) is 0 Å². The van der Waals surface area contributed by atoms with Crippen molar-refractivity contribution in [3.8, 4) is 0 Å². The average Bonchev–Trinajstić information content (AvgIpc) is 3.22. The monoisotopic (exact) mass is 305 g/mol. The molecule has 1 saturated heterocycles. The molecular formula is C16H23N3O3. The normalized spacial score (nSPS) is 21.0. The zero-order chi connectivity index (χ0) is 15.9. The van der Waals surface area contributed by atoms with Crippen molar-refractivity contribution in [3.63, 3.8) is 0 Å². The Balaban J connectivity index is 1.63. The molecule has 1 saturated carbocycles. The molecule has 1 amide bonds. The quantitative estimate of drug-likeness (QED) is 0.860. The van der Waals surface area contributed by atoms with Crippen molar-refractivity contribution in [2.45, 2.75) is 51.6 Å². The Labute approximate surface area is 129 Å². The van der Waals surface area contributed by atoms with Crippen molar-refractivity contribution in [3.05, 3.63) is 27.4 Å². The number of aryl methyl sites for hydroxylation is 2. The van der Waals surface area contributed by atoms with Crippen molar-refractivity contribution >= 4 is 5.91 Å². The number of nitrogens with zero attached hydrogens (tertiary/aromatic N) is 2. The van der Waals surface area contributed by atoms with Gasteiger partial charge in [-0.15, -0.1) is 0 Å². The smallest absolute Gasteiger partial charge is 0.254 e. The third-order valence-electron chi connectivity index (χ3n) is 5.04. The highest BCUT2D eigenvalue weighted by molar-refractivity contribution is 5.79. The van der Waals surface area contributed by atoms with Gasteiger partial charge in [0.05, 0.1) is 12.0 Å². The van der Waals surface area contributed by atoms with Gasteiger partial charge in [0.15, 0.2) is 0 Å². The van der Waals surface area contributed by atoms with Crippen molar-refractivity contribution in [1.29, 1.82) is 0 Å². The van der Waals surface area contributed by atoms with Gasteiger partial charge < -0.3 is 15.0 Å². The minimum atomic E-state index is -0.455. The first-order valence-corrected chi connectivity index (χ1v) is 7.95. The fourth-order valence-electron chi connectivity index (χ4n) is 3.42. The molecule has 2 heterocycles. The number of hydrogen-bond donors (Lipinski definition) is 2. The van der Waals surface area contributed by atoms with E-state index in [0.717, 1.165) is 25.7 Å². The lowest BCUT2D eigenvalue weighted by molar-refractivity contribution is -0.132. The van der Waals surface area contributed by atoms with Crippen LogP contribution >= 0.6 is 0 Å². The standard InChI is InChI=1S/C16H23N3O3/c1-10-13(15(21)18-11(2)17-10)9-14(20)19-7-3-12(4-8-19)16(22)5-6-16/h12,22H,3-9H2,1-2H3,(H,17,18,21). The van der Waals surface area contributed by atoms with E-state index < -0.39 is 5.60 Å². The molecule has 2 aliphatic rings. The second-order valence-corrected chi connectivity index (χ2v) is 6.65. The minimum Gasteiger partial charge on any atom is -0.390 e. The van der Waals surface area contributed by atoms with Crippen molar-refractivity contribution in [1.82, 2.24) is 14.9 Å². The molecule has 0 bridgehead atoms. The van der Waals surface area contributed by atoms with Gasteiger partial charge in [0.1, 0.15) is 5.82 Å². The molecule has 0 spiro atoms. The van der Waals surface area contributed by atoms with E-state index in [1.807, 2.05) is 0 Å². The molecule has 0 unspecified atom stereocenters. The summed E-state index contributed by atoms with van der Waals surface area (Å²) in [5, 5.41) is 10.2. The van der Waals surface area contributed by atoms with Crippen LogP contribution in [0.1, 0.15) is 42.8 Å². The highest BCUT2D eigenvalue weighted by Crippen LogP contribution is 2.46. The first-order valence-electron chi connectivity index (χ1n) is 7.95. The number of hydrogen-bond acceptors (Lipinski definition) is 4. The fraction of sp³-hybridized carbons (Fsp3) is 0.688. The Morgan fingerprint density at radius 1 is 1.36 bits per heavy atom. The van der Waals surface area contributed by atoms with Gasteiger partial charge in [0.2, 0.25) is 5.91 Å². The molecule has 0 radical (unpaired) electrons. The van der Waals surface area contributed by atoms with Gasteiger partial charge in [-0.1, -0.05) is 0 Å². The number of nitrogens with one attached hydrogen (secondary N) is 1. The van der Waals surface area contributed by atoms with Gasteiger partial charge in [-0.3, -0.25) is 9.59 Å². The number of H-pyrrole nitrogens is 1. The summed E-state index contributed by atoms with van der Waals surface area (Å²) in [6.45, 7) is 4.83. The molecule has 1 aromatic rings. The number of aliphatic hydroxyl groups is 1. The number of carbonyl (C=O) groups is 1. The second kappa shape index (κ2) is 5.50. The van der Waals surface area contributed by atoms with Gasteiger partial charge in [-0.05, 0) is 45.4 Å². The molecule has 120 valence electrons. The molecule has 6 heteroatoms. The number of piperidine rings is 1. The Morgan fingerprint density at radius 3 is 2.55 bits per heavy atom. The Bertz CT molecular complexity index is 641. The van der Waals surface area contributed by atoms with E-state index in [1.54, 1.807) is 18.7 Å². The number of carbonyl (C=O) groups excluding carboxylic acids is 1. The van der Waals surface area contributed by atoms with E-state index in [2.05, 4.69) is 9.97 Å². The number of rotatable bonds is 3. The fourth-order valence-corrected chi connectivity index (χ4v) is 3.42. The highest BCUT2D eigenvalue weighted by Gasteiger charge is 2.48. The van der Waals surface area contributed by atoms with E-state index >= 15 is 0 Å². The molecular weight excluding hydrogens is 282 g/mol. The molecule has 0 aromatic carbocycles. The van der Waals surface area contributed by atoms with Gasteiger partial charge in [0, 0.05) is 24.3 Å². The van der Waals surface area contributed by atoms with Gasteiger partial charge in [-0.25, -0.2) is 4.98 Å². The van der Waals surface area contributed by atoms with Crippen LogP contribution in [-0.4, -0.2) is 44.6 Å². The maximum absolute atomic E-state index is 12.4. The first kappa shape index (κ1) is 15.2. The molecule has 3 rings (SSSR count). The zero-order valence-corrected chi connectivity index (χ0v) is 13.2. The van der Waals surface area contributed by atoms with Gasteiger partial charge in [0.25, 0.3) is 5.56 Å². The molecule has 1 aliphatic carbocycles. The molecule has 0 atom stereocenters. The first-order chi connectivity index (χ1) is 10.4. The SMILES string of the molecule is Cc1nc(C)c(CC(=O)N2CCC(C3(O)CC3)CC2)c(=O)[nH]1. The van der Waals surface area contributed by atoms with E-state index in [-0.39, 0.29) is 17.9 Å². The summed E-state index contributed by atoms with van der Waals surface area (Å²) in [7, 11) is 0. The summed E-state index contributed by atoms with van der Waals surface area (Å²) in [5.74, 6) is 0.861. The van der Waals surface area contributed by atoms with Crippen LogP contribution in [0.5, 0.6) is 0 Å². The predicted octanol–water partition coefficient (Wildman–Crippen LogP) is 0.693. The van der Waals surface area contributed by atoms with E-state index in [1.165, 1.54) is 0 Å². The number of aromatic amines is 1. The Morgan fingerprint density at radius 2 is 2.00 bits per heavy atom. The van der Waals surface area contributed by atoms with Crippen LogP contribution in [0.3, 0.4) is 0 Å². The summed E-state index contributed by atoms with van der Waals surface area (Å²) in [5.41, 5.74) is 0.403. The maximum atomic E-state index is 12.4. The summed E-state index contributed by atoms with van der Waals surface area (Å²) < 4.78 is 0. The largest absolute Gasteiger partial charge is 0.390 e. The Kier molecular flexibility index (Phi) is 3.80. The number of aromatic nitrogens is 2. The predicted molar refractivity (Wildman–Crippen MR) is 81.5 cm³/mol. The van der Waals surface area contributed by atoms with Crippen molar-refractivity contribution in [2.75, 3.05) is 13.1 Å². The van der Waals surface area contributed by atoms with E-state index in [9.17, 15) is 14.7 Å². The average molecular weight is 305 g/mol. The second-order valence-electron chi connectivity index (χ2n) is 6.65. The van der Waals surface area contributed by atoms with Crippen LogP contribution in [0.4, 0.5) is 0 Å². The summed E-state index contributed by atoms with van der Waals surface area (Å²) >= 11 is 0. The van der Waals surface area contributed by atoms with Crippen molar-refractivity contribution < 1.29 is 9.90 Å². The van der Waals surface area contributed by atoms with E-state index in [0.29, 0.717) is 36.1 Å². The highest BCUT2D eigenvalue weighted by atomic mass is 16.3. The number of amides is 1. The topological polar surface area (TPSA) is 86.3 Å². The third kappa shape index (κ3) is 2.92. The van der Waals surface area contributed by atoms with Gasteiger partial charge in [-0.2, -0.15) is 0 Å². The Hall–Kier alpha value is -1.69. The molecule has 2 fully saturated rings.